The third kappa shape index (κ3) is 20.7. The Morgan fingerprint density at radius 1 is 0.157 bits per heavy atom. The van der Waals surface area contributed by atoms with Gasteiger partial charge in [0.1, 0.15) is 0 Å². The fraction of sp³-hybridized carbons (Fsp3) is 0.0988. The molecule has 0 nitrogen and oxygen atoms in total. The van der Waals surface area contributed by atoms with Gasteiger partial charge in [0, 0.05) is 67.1 Å². The summed E-state index contributed by atoms with van der Waals surface area (Å²) in [4.78, 5) is 0. The summed E-state index contributed by atoms with van der Waals surface area (Å²) in [5.74, 6) is 0. The van der Waals surface area contributed by atoms with E-state index in [9.17, 15) is 0 Å². The Hall–Kier alpha value is -4.68. The molecule has 8 heteroatoms. The normalized spacial score (nSPS) is 10.2. The van der Waals surface area contributed by atoms with Crippen molar-refractivity contribution in [2.24, 2.45) is 0 Å². The molecule has 12 aromatic carbocycles. The van der Waals surface area contributed by atoms with Crippen LogP contribution in [-0.4, -0.2) is 0 Å². The molecule has 0 fully saturated rings. The number of hydrogen-bond donors (Lipinski definition) is 0. The van der Waals surface area contributed by atoms with Crippen LogP contribution in [-0.2, 0) is 89.5 Å². The van der Waals surface area contributed by atoms with E-state index in [1.54, 1.807) is 0 Å². The summed E-state index contributed by atoms with van der Waals surface area (Å²) in [5, 5.41) is 17.3. The van der Waals surface area contributed by atoms with Crippen LogP contribution in [0.15, 0.2) is 315 Å². The van der Waals surface area contributed by atoms with Crippen LogP contribution < -0.4 is 63.7 Å². The molecule has 0 aliphatic rings. The molecule has 0 unspecified atom stereocenters. The average Bonchev–Trinajstić information content (AvgIpc) is 3.11. The maximum Gasteiger partial charge on any atom is 1.00 e. The molecule has 467 valence electrons. The Kier molecular flexibility index (Phi) is 34.2. The zero-order valence-electron chi connectivity index (χ0n) is 52.0. The maximum absolute atomic E-state index is 2.28. The van der Waals surface area contributed by atoms with E-state index >= 15 is 0 Å². The van der Waals surface area contributed by atoms with Crippen LogP contribution in [0.5, 0.6) is 0 Å². The van der Waals surface area contributed by atoms with Gasteiger partial charge in [0.2, 0.25) is 0 Å². The minimum atomic E-state index is -0.488. The van der Waals surface area contributed by atoms with E-state index in [-0.39, 0.29) is 96.9 Å². The molecule has 12 rings (SSSR count). The standard InChI is InChI=1S/4C20H19P.CH3.4Au/c4*1-16-10-6-8-14-19(16)21(18-12-4-3-5-13-18)20-15-9-7-11-17(20)2;;;;;/h4*3-15H,1-2H3;1H3;;;;/q;;;;-1;;;;+1. The van der Waals surface area contributed by atoms with Crippen LogP contribution >= 0.6 is 31.7 Å². The molecule has 0 spiro atoms. The Bertz CT molecular complexity index is 3290. The largest absolute Gasteiger partial charge is 1.00 e. The summed E-state index contributed by atoms with van der Waals surface area (Å²) in [6.07, 6.45) is 0. The number of benzene rings is 12. The van der Waals surface area contributed by atoms with Crippen molar-refractivity contribution in [3.8, 4) is 0 Å². The predicted molar refractivity (Wildman–Crippen MR) is 385 cm³/mol. The van der Waals surface area contributed by atoms with Crippen molar-refractivity contribution in [2.75, 3.05) is 0 Å². The molecule has 0 saturated carbocycles. The van der Waals surface area contributed by atoms with Gasteiger partial charge in [-0.25, -0.2) is 0 Å². The van der Waals surface area contributed by atoms with Gasteiger partial charge in [0.05, 0.1) is 0 Å². The molecular weight excluding hydrogens is 1880 g/mol. The minimum Gasteiger partial charge on any atom is -0.358 e. The van der Waals surface area contributed by atoms with E-state index in [4.69, 9.17) is 0 Å². The van der Waals surface area contributed by atoms with Gasteiger partial charge in [-0.3, -0.25) is 0 Å². The Balaban J connectivity index is 0.000000249. The van der Waals surface area contributed by atoms with Crippen molar-refractivity contribution in [2.45, 2.75) is 55.4 Å². The summed E-state index contributed by atoms with van der Waals surface area (Å²) in [7, 11) is -1.95. The first kappa shape index (κ1) is 76.8. The van der Waals surface area contributed by atoms with Crippen molar-refractivity contribution >= 4 is 95.3 Å². The van der Waals surface area contributed by atoms with Crippen LogP contribution in [0, 0.1) is 62.8 Å². The summed E-state index contributed by atoms with van der Waals surface area (Å²) < 4.78 is 0. The minimum absolute atomic E-state index is 0. The summed E-state index contributed by atoms with van der Waals surface area (Å²) in [5.41, 5.74) is 11.0. The number of rotatable bonds is 12. The summed E-state index contributed by atoms with van der Waals surface area (Å²) in [6, 6.07) is 114. The molecule has 0 saturated heterocycles. The number of aryl methyl sites for hydroxylation is 8. The van der Waals surface area contributed by atoms with Gasteiger partial charge in [-0.2, -0.15) is 0 Å². The van der Waals surface area contributed by atoms with Crippen LogP contribution in [0.4, 0.5) is 0 Å². The van der Waals surface area contributed by atoms with E-state index in [0.717, 1.165) is 0 Å². The van der Waals surface area contributed by atoms with Crippen LogP contribution in [0.1, 0.15) is 44.5 Å². The third-order valence-electron chi connectivity index (χ3n) is 14.9. The van der Waals surface area contributed by atoms with Crippen molar-refractivity contribution in [1.82, 2.24) is 0 Å². The second-order valence-corrected chi connectivity index (χ2v) is 29.6. The first-order valence-corrected chi connectivity index (χ1v) is 34.3. The van der Waals surface area contributed by atoms with Crippen LogP contribution in [0.3, 0.4) is 0 Å². The van der Waals surface area contributed by atoms with E-state index in [2.05, 4.69) is 371 Å². The van der Waals surface area contributed by atoms with Crippen molar-refractivity contribution < 1.29 is 89.5 Å². The van der Waals surface area contributed by atoms with Crippen LogP contribution in [0.25, 0.3) is 0 Å². The quantitative estimate of drug-likeness (QED) is 0.0650. The fourth-order valence-electron chi connectivity index (χ4n) is 10.5. The van der Waals surface area contributed by atoms with Gasteiger partial charge in [0.15, 0.2) is 0 Å². The molecule has 0 bridgehead atoms. The average molecular weight is 1960 g/mol. The zero-order valence-corrected chi connectivity index (χ0v) is 64.3. The predicted octanol–water partition coefficient (Wildman–Crippen LogP) is 16.7. The monoisotopic (exact) mass is 1960 g/mol. The topological polar surface area (TPSA) is 0 Å². The zero-order chi connectivity index (χ0) is 58.6. The molecule has 0 heterocycles. The molecule has 0 aliphatic carbocycles. The maximum atomic E-state index is 2.28. The molecule has 0 aliphatic heterocycles. The smallest absolute Gasteiger partial charge is 0.358 e. The molecular formula is C81H79Au4P4. The van der Waals surface area contributed by atoms with Gasteiger partial charge in [0.25, 0.3) is 0 Å². The van der Waals surface area contributed by atoms with Gasteiger partial charge >= 0.3 is 22.4 Å². The second kappa shape index (κ2) is 39.7. The Morgan fingerprint density at radius 2 is 0.258 bits per heavy atom. The molecule has 0 atom stereocenters. The SMILES string of the molecule is Cc1ccccc1P(c1ccccc1)c1ccccc1C.Cc1ccccc1P(c1ccccc1)c1ccccc1C.Cc1ccccc1P(c1ccccc1)c1ccccc1C.Cc1ccccc1P(c1ccccc1)c1ccccc1C.[Au+].[Au].[Au].[Au].[CH3-]. The molecule has 0 aromatic heterocycles. The van der Waals surface area contributed by atoms with Crippen molar-refractivity contribution in [3.05, 3.63) is 367 Å². The first-order chi connectivity index (χ1) is 41.1. The number of hydrogen-bond acceptors (Lipinski definition) is 0. The summed E-state index contributed by atoms with van der Waals surface area (Å²) >= 11 is 0. The van der Waals surface area contributed by atoms with Gasteiger partial charge in [-0.1, -0.05) is 315 Å². The molecule has 0 N–H and O–H groups in total. The van der Waals surface area contributed by atoms with E-state index in [0.29, 0.717) is 0 Å². The van der Waals surface area contributed by atoms with Gasteiger partial charge in [-0.15, -0.1) is 0 Å². The molecule has 89 heavy (non-hydrogen) atoms. The Labute approximate surface area is 601 Å². The second-order valence-electron chi connectivity index (χ2n) is 21.0. The summed E-state index contributed by atoms with van der Waals surface area (Å²) in [6.45, 7) is 17.7. The van der Waals surface area contributed by atoms with Gasteiger partial charge < -0.3 is 7.43 Å². The third-order valence-corrected chi connectivity index (χ3v) is 26.0. The first-order valence-electron chi connectivity index (χ1n) is 28.9. The van der Waals surface area contributed by atoms with E-state index in [1.165, 1.54) is 108 Å². The molecule has 3 radical (unpaired) electrons. The van der Waals surface area contributed by atoms with Crippen molar-refractivity contribution in [3.63, 3.8) is 0 Å². The van der Waals surface area contributed by atoms with Crippen molar-refractivity contribution in [1.29, 1.82) is 0 Å². The van der Waals surface area contributed by atoms with Crippen LogP contribution in [0.2, 0.25) is 0 Å². The fourth-order valence-corrected chi connectivity index (χ4v) is 20.9. The molecule has 12 aromatic rings. The van der Waals surface area contributed by atoms with E-state index in [1.807, 2.05) is 0 Å². The Morgan fingerprint density at radius 3 is 0.371 bits per heavy atom. The van der Waals surface area contributed by atoms with E-state index < -0.39 is 31.7 Å². The molecule has 0 amide bonds. The van der Waals surface area contributed by atoms with Gasteiger partial charge in [-0.05, 0) is 195 Å².